The SMILES string of the molecule is CN(C)c1cc([C@@H]2CCCN(C(=O)c3cccnc3)C2)nc(-c2cccnc2)n1. The Morgan fingerprint density at radius 2 is 1.90 bits per heavy atom. The molecule has 0 spiro atoms. The molecule has 0 aromatic carbocycles. The Hall–Kier alpha value is -3.35. The van der Waals surface area contributed by atoms with Crippen molar-refractivity contribution in [2.45, 2.75) is 18.8 Å². The van der Waals surface area contributed by atoms with Gasteiger partial charge < -0.3 is 9.80 Å². The van der Waals surface area contributed by atoms with Crippen molar-refractivity contribution in [3.05, 3.63) is 66.4 Å². The van der Waals surface area contributed by atoms with Gasteiger partial charge in [0.2, 0.25) is 0 Å². The number of hydrogen-bond acceptors (Lipinski definition) is 6. The highest BCUT2D eigenvalue weighted by Gasteiger charge is 2.27. The van der Waals surface area contributed by atoms with Crippen LogP contribution in [0.15, 0.2) is 55.1 Å². The molecule has 0 aliphatic carbocycles. The van der Waals surface area contributed by atoms with Gasteiger partial charge in [0.1, 0.15) is 5.82 Å². The largest absolute Gasteiger partial charge is 0.363 e. The summed E-state index contributed by atoms with van der Waals surface area (Å²) >= 11 is 0. The van der Waals surface area contributed by atoms with Crippen molar-refractivity contribution in [3.8, 4) is 11.4 Å². The topological polar surface area (TPSA) is 75.1 Å². The van der Waals surface area contributed by atoms with Crippen LogP contribution in [0.4, 0.5) is 5.82 Å². The third-order valence-corrected chi connectivity index (χ3v) is 5.15. The molecule has 3 aromatic rings. The lowest BCUT2D eigenvalue weighted by Crippen LogP contribution is -2.39. The summed E-state index contributed by atoms with van der Waals surface area (Å²) in [6, 6.07) is 9.49. The lowest BCUT2D eigenvalue weighted by atomic mass is 9.93. The molecule has 1 atom stereocenters. The van der Waals surface area contributed by atoms with Crippen molar-refractivity contribution in [2.24, 2.45) is 0 Å². The molecule has 0 radical (unpaired) electrons. The van der Waals surface area contributed by atoms with Crippen LogP contribution in [0.25, 0.3) is 11.4 Å². The van der Waals surface area contributed by atoms with E-state index in [0.29, 0.717) is 17.9 Å². The molecule has 0 saturated carbocycles. The van der Waals surface area contributed by atoms with Crippen molar-refractivity contribution in [1.29, 1.82) is 0 Å². The molecule has 7 heteroatoms. The summed E-state index contributed by atoms with van der Waals surface area (Å²) < 4.78 is 0. The minimum atomic E-state index is 0.0252. The maximum atomic E-state index is 12.9. The Balaban J connectivity index is 1.63. The number of pyridine rings is 2. The van der Waals surface area contributed by atoms with Gasteiger partial charge in [0.05, 0.1) is 11.3 Å². The third kappa shape index (κ3) is 4.23. The number of carbonyl (C=O) groups excluding carboxylic acids is 1. The zero-order valence-corrected chi connectivity index (χ0v) is 16.7. The first kappa shape index (κ1) is 19.0. The van der Waals surface area contributed by atoms with Gasteiger partial charge >= 0.3 is 0 Å². The molecule has 1 fully saturated rings. The molecule has 0 unspecified atom stereocenters. The molecule has 7 nitrogen and oxygen atoms in total. The standard InChI is InChI=1S/C22H24N6O/c1-27(2)20-12-19(25-21(26-20)16-6-3-9-23-13-16)18-8-5-11-28(15-18)22(29)17-7-4-10-24-14-17/h3-4,6-7,9-10,12-14,18H,5,8,11,15H2,1-2H3/t18-/m1/s1. The van der Waals surface area contributed by atoms with Gasteiger partial charge in [0.15, 0.2) is 5.82 Å². The average Bonchev–Trinajstić information content (AvgIpc) is 2.79. The van der Waals surface area contributed by atoms with Gasteiger partial charge in [-0.05, 0) is 37.1 Å². The van der Waals surface area contributed by atoms with Gasteiger partial charge in [-0.1, -0.05) is 0 Å². The first-order valence-corrected chi connectivity index (χ1v) is 9.78. The second kappa shape index (κ2) is 8.34. The number of amides is 1. The van der Waals surface area contributed by atoms with Gasteiger partial charge in [-0.15, -0.1) is 0 Å². The Morgan fingerprint density at radius 1 is 1.10 bits per heavy atom. The third-order valence-electron chi connectivity index (χ3n) is 5.15. The van der Waals surface area contributed by atoms with Crippen molar-refractivity contribution in [3.63, 3.8) is 0 Å². The van der Waals surface area contributed by atoms with E-state index in [0.717, 1.165) is 36.5 Å². The second-order valence-corrected chi connectivity index (χ2v) is 7.44. The first-order chi connectivity index (χ1) is 14.1. The molecule has 1 aliphatic heterocycles. The van der Waals surface area contributed by atoms with E-state index in [4.69, 9.17) is 4.98 Å². The lowest BCUT2D eigenvalue weighted by molar-refractivity contribution is 0.0705. The number of nitrogens with zero attached hydrogens (tertiary/aromatic N) is 6. The van der Waals surface area contributed by atoms with E-state index in [1.165, 1.54) is 0 Å². The predicted molar refractivity (Wildman–Crippen MR) is 112 cm³/mol. The number of piperidine rings is 1. The molecule has 4 heterocycles. The highest BCUT2D eigenvalue weighted by molar-refractivity contribution is 5.94. The van der Waals surface area contributed by atoms with Crippen molar-refractivity contribution in [1.82, 2.24) is 24.8 Å². The summed E-state index contributed by atoms with van der Waals surface area (Å²) in [6.07, 6.45) is 8.76. The van der Waals surface area contributed by atoms with Gasteiger partial charge in [0, 0.05) is 69.5 Å². The second-order valence-electron chi connectivity index (χ2n) is 7.44. The van der Waals surface area contributed by atoms with Crippen LogP contribution in [0.5, 0.6) is 0 Å². The van der Waals surface area contributed by atoms with Gasteiger partial charge in [-0.3, -0.25) is 14.8 Å². The molecule has 0 N–H and O–H groups in total. The Morgan fingerprint density at radius 3 is 2.59 bits per heavy atom. The number of rotatable bonds is 4. The number of anilines is 1. The monoisotopic (exact) mass is 388 g/mol. The van der Waals surface area contributed by atoms with Crippen LogP contribution < -0.4 is 4.90 Å². The molecule has 0 bridgehead atoms. The first-order valence-electron chi connectivity index (χ1n) is 9.78. The van der Waals surface area contributed by atoms with E-state index >= 15 is 0 Å². The zero-order valence-electron chi connectivity index (χ0n) is 16.7. The molecular formula is C22H24N6O. The number of hydrogen-bond donors (Lipinski definition) is 0. The Bertz CT molecular complexity index is 977. The quantitative estimate of drug-likeness (QED) is 0.684. The molecule has 1 saturated heterocycles. The van der Waals surface area contributed by atoms with Crippen molar-refractivity contribution in [2.75, 3.05) is 32.1 Å². The minimum Gasteiger partial charge on any atom is -0.363 e. The van der Waals surface area contributed by atoms with Crippen LogP contribution >= 0.6 is 0 Å². The van der Waals surface area contributed by atoms with Crippen molar-refractivity contribution < 1.29 is 4.79 Å². The van der Waals surface area contributed by atoms with Crippen LogP contribution in [0.1, 0.15) is 34.8 Å². The normalized spacial score (nSPS) is 16.5. The smallest absolute Gasteiger partial charge is 0.255 e. The van der Waals surface area contributed by atoms with Crippen LogP contribution in [0.2, 0.25) is 0 Å². The molecule has 1 amide bonds. The van der Waals surface area contributed by atoms with E-state index < -0.39 is 0 Å². The summed E-state index contributed by atoms with van der Waals surface area (Å²) in [5.74, 6) is 1.71. The highest BCUT2D eigenvalue weighted by Crippen LogP contribution is 2.30. The predicted octanol–water partition coefficient (Wildman–Crippen LogP) is 3.02. The minimum absolute atomic E-state index is 0.0252. The van der Waals surface area contributed by atoms with Gasteiger partial charge in [-0.2, -0.15) is 0 Å². The fraction of sp³-hybridized carbons (Fsp3) is 0.318. The van der Waals surface area contributed by atoms with E-state index in [1.807, 2.05) is 48.2 Å². The average molecular weight is 388 g/mol. The maximum absolute atomic E-state index is 12.9. The fourth-order valence-corrected chi connectivity index (χ4v) is 3.59. The summed E-state index contributed by atoms with van der Waals surface area (Å²) in [6.45, 7) is 1.40. The summed E-state index contributed by atoms with van der Waals surface area (Å²) in [5.41, 5.74) is 2.48. The molecule has 148 valence electrons. The molecule has 29 heavy (non-hydrogen) atoms. The molecular weight excluding hydrogens is 364 g/mol. The Labute approximate surface area is 170 Å². The zero-order chi connectivity index (χ0) is 20.2. The fourth-order valence-electron chi connectivity index (χ4n) is 3.59. The number of likely N-dealkylation sites (tertiary alicyclic amines) is 1. The van der Waals surface area contributed by atoms with E-state index in [1.54, 1.807) is 30.9 Å². The van der Waals surface area contributed by atoms with Crippen LogP contribution in [0, 0.1) is 0 Å². The van der Waals surface area contributed by atoms with Crippen molar-refractivity contribution >= 4 is 11.7 Å². The lowest BCUT2D eigenvalue weighted by Gasteiger charge is -2.33. The summed E-state index contributed by atoms with van der Waals surface area (Å²) in [7, 11) is 3.94. The van der Waals surface area contributed by atoms with Gasteiger partial charge in [0.25, 0.3) is 5.91 Å². The van der Waals surface area contributed by atoms with Gasteiger partial charge in [-0.25, -0.2) is 9.97 Å². The van der Waals surface area contributed by atoms with E-state index in [2.05, 4.69) is 15.0 Å². The van der Waals surface area contributed by atoms with Crippen LogP contribution in [0.3, 0.4) is 0 Å². The van der Waals surface area contributed by atoms with E-state index in [9.17, 15) is 4.79 Å². The molecule has 3 aromatic heterocycles. The maximum Gasteiger partial charge on any atom is 0.255 e. The Kier molecular flexibility index (Phi) is 5.46. The number of aromatic nitrogens is 4. The van der Waals surface area contributed by atoms with Crippen LogP contribution in [-0.4, -0.2) is 57.9 Å². The molecule has 1 aliphatic rings. The van der Waals surface area contributed by atoms with E-state index in [-0.39, 0.29) is 11.8 Å². The summed E-state index contributed by atoms with van der Waals surface area (Å²) in [5, 5.41) is 0. The highest BCUT2D eigenvalue weighted by atomic mass is 16.2. The summed E-state index contributed by atoms with van der Waals surface area (Å²) in [4.78, 5) is 34.6. The molecule has 4 rings (SSSR count). The van der Waals surface area contributed by atoms with Crippen LogP contribution in [-0.2, 0) is 0 Å². The number of carbonyl (C=O) groups is 1.